The van der Waals surface area contributed by atoms with Crippen molar-refractivity contribution >= 4 is 49.9 Å². The molecule has 1 amide bonds. The lowest BCUT2D eigenvalue weighted by Gasteiger charge is -2.36. The number of nitrogens with two attached hydrogens (primary N) is 1. The first-order valence-electron chi connectivity index (χ1n) is 8.73. The van der Waals surface area contributed by atoms with Gasteiger partial charge in [0.15, 0.2) is 5.13 Å². The zero-order chi connectivity index (χ0) is 19.0. The molecular formula is C19H20ClN5OS. The van der Waals surface area contributed by atoms with Crippen molar-refractivity contribution in [3.8, 4) is 0 Å². The normalized spacial score (nSPS) is 14.6. The highest BCUT2D eigenvalue weighted by atomic mass is 35.5. The van der Waals surface area contributed by atoms with Crippen molar-refractivity contribution in [2.45, 2.75) is 6.92 Å². The van der Waals surface area contributed by atoms with Gasteiger partial charge in [-0.1, -0.05) is 40.6 Å². The van der Waals surface area contributed by atoms with Gasteiger partial charge in [0.05, 0.1) is 15.4 Å². The van der Waals surface area contributed by atoms with Crippen molar-refractivity contribution in [2.75, 3.05) is 36.5 Å². The van der Waals surface area contributed by atoms with E-state index in [0.717, 1.165) is 27.0 Å². The van der Waals surface area contributed by atoms with Gasteiger partial charge in [-0.2, -0.15) is 0 Å². The Kier molecular flexibility index (Phi) is 4.90. The van der Waals surface area contributed by atoms with E-state index in [-0.39, 0.29) is 5.91 Å². The summed E-state index contributed by atoms with van der Waals surface area (Å²) in [7, 11) is 0. The first kappa shape index (κ1) is 18.0. The molecule has 0 radical (unpaired) electrons. The second kappa shape index (κ2) is 7.34. The molecule has 0 saturated carbocycles. The van der Waals surface area contributed by atoms with Crippen LogP contribution in [-0.2, 0) is 0 Å². The third-order valence-corrected chi connectivity index (χ3v) is 6.05. The van der Waals surface area contributed by atoms with E-state index >= 15 is 0 Å². The van der Waals surface area contributed by atoms with E-state index in [1.165, 1.54) is 11.3 Å². The van der Waals surface area contributed by atoms with Gasteiger partial charge in [-0.15, -0.1) is 0 Å². The number of benzene rings is 2. The highest BCUT2D eigenvalue weighted by Crippen LogP contribution is 2.38. The van der Waals surface area contributed by atoms with E-state index in [1.807, 2.05) is 48.2 Å². The highest BCUT2D eigenvalue weighted by molar-refractivity contribution is 7.22. The Labute approximate surface area is 166 Å². The molecule has 1 aromatic heterocycles. The predicted octanol–water partition coefficient (Wildman–Crippen LogP) is 3.51. The Hall–Kier alpha value is -2.35. The van der Waals surface area contributed by atoms with E-state index in [0.29, 0.717) is 36.3 Å². The van der Waals surface area contributed by atoms with E-state index < -0.39 is 0 Å². The number of carbonyl (C=O) groups is 1. The molecule has 0 atom stereocenters. The summed E-state index contributed by atoms with van der Waals surface area (Å²) in [4.78, 5) is 21.4. The molecule has 3 aromatic rings. The Morgan fingerprint density at radius 2 is 1.85 bits per heavy atom. The molecule has 1 saturated heterocycles. The number of halogens is 1. The van der Waals surface area contributed by atoms with Crippen LogP contribution in [0.5, 0.6) is 0 Å². The summed E-state index contributed by atoms with van der Waals surface area (Å²) in [5.41, 5.74) is 6.24. The van der Waals surface area contributed by atoms with Crippen molar-refractivity contribution in [2.24, 2.45) is 5.84 Å². The molecule has 3 N–H and O–H groups in total. The molecule has 140 valence electrons. The number of amides is 1. The third kappa shape index (κ3) is 3.45. The largest absolute Gasteiger partial charge is 0.365 e. The van der Waals surface area contributed by atoms with Crippen molar-refractivity contribution in [1.82, 2.24) is 9.88 Å². The number of fused-ring (bicyclic) bond motifs is 1. The lowest BCUT2D eigenvalue weighted by atomic mass is 10.1. The number of thiazole rings is 1. The van der Waals surface area contributed by atoms with Crippen molar-refractivity contribution < 1.29 is 4.79 Å². The number of aromatic nitrogens is 1. The van der Waals surface area contributed by atoms with Crippen LogP contribution in [0.1, 0.15) is 15.9 Å². The fourth-order valence-electron chi connectivity index (χ4n) is 3.33. The Balaban J connectivity index is 1.53. The van der Waals surface area contributed by atoms with Gasteiger partial charge in [-0.3, -0.25) is 10.2 Å². The second-order valence-electron chi connectivity index (χ2n) is 6.55. The average Bonchev–Trinajstić information content (AvgIpc) is 3.11. The van der Waals surface area contributed by atoms with E-state index in [2.05, 4.69) is 15.3 Å². The van der Waals surface area contributed by atoms with Crippen LogP contribution in [0.25, 0.3) is 10.2 Å². The fraction of sp³-hybridized carbons (Fsp3) is 0.263. The molecule has 4 rings (SSSR count). The molecular weight excluding hydrogens is 382 g/mol. The molecule has 0 aliphatic carbocycles. The highest BCUT2D eigenvalue weighted by Gasteiger charge is 2.25. The van der Waals surface area contributed by atoms with Crippen LogP contribution in [-0.4, -0.2) is 42.0 Å². The summed E-state index contributed by atoms with van der Waals surface area (Å²) >= 11 is 7.98. The van der Waals surface area contributed by atoms with Crippen LogP contribution < -0.4 is 16.2 Å². The molecule has 0 bridgehead atoms. The first-order valence-corrected chi connectivity index (χ1v) is 9.93. The lowest BCUT2D eigenvalue weighted by molar-refractivity contribution is 0.0747. The molecule has 1 aliphatic rings. The van der Waals surface area contributed by atoms with Crippen LogP contribution in [0.3, 0.4) is 0 Å². The number of hydrogen-bond acceptors (Lipinski definition) is 6. The molecule has 27 heavy (non-hydrogen) atoms. The number of nitrogen functional groups attached to an aromatic ring is 1. The number of carbonyl (C=O) groups excluding carboxylic acids is 1. The fourth-order valence-corrected chi connectivity index (χ4v) is 4.38. The summed E-state index contributed by atoms with van der Waals surface area (Å²) in [6.07, 6.45) is 0. The maximum atomic E-state index is 12.7. The van der Waals surface area contributed by atoms with E-state index in [9.17, 15) is 4.79 Å². The van der Waals surface area contributed by atoms with Crippen LogP contribution in [0, 0.1) is 6.92 Å². The average molecular weight is 402 g/mol. The number of nitrogens with zero attached hydrogens (tertiary/aromatic N) is 3. The Bertz CT molecular complexity index is 980. The van der Waals surface area contributed by atoms with Gasteiger partial charge < -0.3 is 9.80 Å². The van der Waals surface area contributed by atoms with Crippen LogP contribution >= 0.6 is 22.9 Å². The number of piperazine rings is 1. The van der Waals surface area contributed by atoms with Gasteiger partial charge in [-0.05, 0) is 31.2 Å². The Morgan fingerprint density at radius 1 is 1.15 bits per heavy atom. The zero-order valence-corrected chi connectivity index (χ0v) is 16.5. The molecule has 0 unspecified atom stereocenters. The quantitative estimate of drug-likeness (QED) is 0.519. The predicted molar refractivity (Wildman–Crippen MR) is 112 cm³/mol. The topological polar surface area (TPSA) is 74.5 Å². The lowest BCUT2D eigenvalue weighted by Crippen LogP contribution is -2.49. The second-order valence-corrected chi connectivity index (χ2v) is 7.99. The minimum atomic E-state index is 0.0715. The number of nitrogens with one attached hydrogen (secondary N) is 1. The summed E-state index contributed by atoms with van der Waals surface area (Å²) in [5, 5.41) is 1.32. The SMILES string of the molecule is Cc1ccc(C(=O)N2CCN(c3c(Cl)ccc4sc(NN)nc34)CC2)cc1. The maximum Gasteiger partial charge on any atom is 0.253 e. The van der Waals surface area contributed by atoms with Crippen LogP contribution in [0.2, 0.25) is 5.02 Å². The van der Waals surface area contributed by atoms with E-state index in [1.54, 1.807) is 0 Å². The third-order valence-electron chi connectivity index (χ3n) is 4.79. The monoisotopic (exact) mass is 401 g/mol. The molecule has 2 heterocycles. The van der Waals surface area contributed by atoms with Crippen LogP contribution in [0.4, 0.5) is 10.8 Å². The number of aryl methyl sites for hydroxylation is 1. The summed E-state index contributed by atoms with van der Waals surface area (Å²) < 4.78 is 1.03. The van der Waals surface area contributed by atoms with Crippen molar-refractivity contribution in [3.63, 3.8) is 0 Å². The van der Waals surface area contributed by atoms with Gasteiger partial charge in [0, 0.05) is 31.7 Å². The molecule has 1 aliphatic heterocycles. The van der Waals surface area contributed by atoms with Crippen molar-refractivity contribution in [3.05, 3.63) is 52.5 Å². The number of hydrazine groups is 1. The zero-order valence-electron chi connectivity index (χ0n) is 14.9. The number of anilines is 2. The summed E-state index contributed by atoms with van der Waals surface area (Å²) in [5.74, 6) is 5.58. The minimum absolute atomic E-state index is 0.0715. The Morgan fingerprint density at radius 3 is 2.52 bits per heavy atom. The first-order chi connectivity index (χ1) is 13.1. The molecule has 2 aromatic carbocycles. The van der Waals surface area contributed by atoms with E-state index in [4.69, 9.17) is 17.4 Å². The molecule has 0 spiro atoms. The van der Waals surface area contributed by atoms with Gasteiger partial charge in [0.25, 0.3) is 5.91 Å². The molecule has 6 nitrogen and oxygen atoms in total. The summed E-state index contributed by atoms with van der Waals surface area (Å²) in [6, 6.07) is 11.6. The van der Waals surface area contributed by atoms with Crippen molar-refractivity contribution in [1.29, 1.82) is 0 Å². The number of hydrogen-bond donors (Lipinski definition) is 2. The molecule has 1 fully saturated rings. The smallest absolute Gasteiger partial charge is 0.253 e. The van der Waals surface area contributed by atoms with Gasteiger partial charge >= 0.3 is 0 Å². The standard InChI is InChI=1S/C19H20ClN5OS/c1-12-2-4-13(5-3-12)18(26)25-10-8-24(9-11-25)17-14(20)6-7-15-16(17)22-19(23-21)27-15/h2-7H,8-11,21H2,1H3,(H,22,23). The van der Waals surface area contributed by atoms with Gasteiger partial charge in [0.1, 0.15) is 5.52 Å². The number of rotatable bonds is 3. The minimum Gasteiger partial charge on any atom is -0.365 e. The maximum absolute atomic E-state index is 12.7. The molecule has 8 heteroatoms. The van der Waals surface area contributed by atoms with Gasteiger partial charge in [0.2, 0.25) is 0 Å². The van der Waals surface area contributed by atoms with Gasteiger partial charge in [-0.25, -0.2) is 10.8 Å². The summed E-state index contributed by atoms with van der Waals surface area (Å²) in [6.45, 7) is 4.72. The van der Waals surface area contributed by atoms with Crippen LogP contribution in [0.15, 0.2) is 36.4 Å².